The van der Waals surface area contributed by atoms with Crippen molar-refractivity contribution >= 4 is 0 Å². The van der Waals surface area contributed by atoms with E-state index in [2.05, 4.69) is 10.00 Å². The van der Waals surface area contributed by atoms with Gasteiger partial charge >= 0.3 is 0 Å². The van der Waals surface area contributed by atoms with Gasteiger partial charge in [0.1, 0.15) is 11.6 Å². The Kier molecular flexibility index (Phi) is 5.03. The Morgan fingerprint density at radius 1 is 1.30 bits per heavy atom. The molecule has 0 bridgehead atoms. The van der Waals surface area contributed by atoms with Gasteiger partial charge in [-0.15, -0.1) is 0 Å². The SMILES string of the molecule is O[C@H](CN1CCCC[C@H]1Cn1cccn1)c1cc(F)ccc1F. The number of aromatic nitrogens is 2. The maximum atomic E-state index is 13.8. The number of β-amino-alcohol motifs (C(OH)–C–C–N with tert-alkyl or cyclic N) is 1. The van der Waals surface area contributed by atoms with Gasteiger partial charge in [-0.25, -0.2) is 8.78 Å². The third-order valence-electron chi connectivity index (χ3n) is 4.43. The van der Waals surface area contributed by atoms with Crippen molar-refractivity contribution in [2.24, 2.45) is 0 Å². The Morgan fingerprint density at radius 2 is 2.17 bits per heavy atom. The van der Waals surface area contributed by atoms with E-state index in [4.69, 9.17) is 0 Å². The van der Waals surface area contributed by atoms with Gasteiger partial charge in [0.25, 0.3) is 0 Å². The molecule has 1 aliphatic rings. The first-order chi connectivity index (χ1) is 11.1. The van der Waals surface area contributed by atoms with Crippen LogP contribution in [0.5, 0.6) is 0 Å². The van der Waals surface area contributed by atoms with Gasteiger partial charge in [0.2, 0.25) is 0 Å². The number of likely N-dealkylation sites (tertiary alicyclic amines) is 1. The molecule has 0 amide bonds. The molecule has 0 unspecified atom stereocenters. The first-order valence-corrected chi connectivity index (χ1v) is 7.98. The molecule has 0 radical (unpaired) electrons. The summed E-state index contributed by atoms with van der Waals surface area (Å²) >= 11 is 0. The molecule has 23 heavy (non-hydrogen) atoms. The highest BCUT2D eigenvalue weighted by atomic mass is 19.1. The van der Waals surface area contributed by atoms with Gasteiger partial charge in [0.15, 0.2) is 0 Å². The fourth-order valence-electron chi connectivity index (χ4n) is 3.22. The summed E-state index contributed by atoms with van der Waals surface area (Å²) in [6.45, 7) is 1.89. The molecule has 0 aliphatic carbocycles. The lowest BCUT2D eigenvalue weighted by molar-refractivity contribution is 0.0573. The number of nitrogens with zero attached hydrogens (tertiary/aromatic N) is 3. The van der Waals surface area contributed by atoms with Crippen molar-refractivity contribution in [3.05, 3.63) is 53.9 Å². The van der Waals surface area contributed by atoms with Gasteiger partial charge in [0.05, 0.1) is 12.6 Å². The van der Waals surface area contributed by atoms with Crippen LogP contribution in [0.25, 0.3) is 0 Å². The molecule has 0 spiro atoms. The molecule has 1 fully saturated rings. The summed E-state index contributed by atoms with van der Waals surface area (Å²) in [7, 11) is 0. The number of halogens is 2. The van der Waals surface area contributed by atoms with Crippen LogP contribution in [0.15, 0.2) is 36.7 Å². The van der Waals surface area contributed by atoms with Gasteiger partial charge in [-0.2, -0.15) is 5.10 Å². The van der Waals surface area contributed by atoms with Gasteiger partial charge in [-0.05, 0) is 43.7 Å². The van der Waals surface area contributed by atoms with Crippen LogP contribution in [-0.4, -0.2) is 38.9 Å². The standard InChI is InChI=1S/C17H21F2N3O/c18-13-5-6-16(19)15(10-13)17(23)12-21-8-2-1-4-14(21)11-22-9-3-7-20-22/h3,5-7,9-10,14,17,23H,1-2,4,8,11-12H2/t14-,17+/m0/s1. The van der Waals surface area contributed by atoms with Gasteiger partial charge in [0, 0.05) is 30.5 Å². The second-order valence-electron chi connectivity index (χ2n) is 6.05. The zero-order valence-corrected chi connectivity index (χ0v) is 12.9. The lowest BCUT2D eigenvalue weighted by Crippen LogP contribution is -2.44. The second kappa shape index (κ2) is 7.19. The van der Waals surface area contributed by atoms with Crippen LogP contribution in [-0.2, 0) is 6.54 Å². The third-order valence-corrected chi connectivity index (χ3v) is 4.43. The van der Waals surface area contributed by atoms with Gasteiger partial charge in [-0.3, -0.25) is 9.58 Å². The van der Waals surface area contributed by atoms with Crippen LogP contribution in [0.3, 0.4) is 0 Å². The molecular weight excluding hydrogens is 300 g/mol. The summed E-state index contributed by atoms with van der Waals surface area (Å²) in [5.41, 5.74) is 0.0217. The molecule has 1 aliphatic heterocycles. The fourth-order valence-corrected chi connectivity index (χ4v) is 3.22. The highest BCUT2D eigenvalue weighted by molar-refractivity contribution is 5.21. The van der Waals surface area contributed by atoms with Crippen LogP contribution in [0, 0.1) is 11.6 Å². The predicted octanol–water partition coefficient (Wildman–Crippen LogP) is 2.75. The number of piperidine rings is 1. The van der Waals surface area contributed by atoms with E-state index >= 15 is 0 Å². The van der Waals surface area contributed by atoms with Crippen LogP contribution in [0.1, 0.15) is 30.9 Å². The Balaban J connectivity index is 1.69. The molecular formula is C17H21F2N3O. The minimum absolute atomic E-state index is 0.0217. The van der Waals surface area contributed by atoms with E-state index in [0.29, 0.717) is 6.54 Å². The first kappa shape index (κ1) is 16.1. The molecule has 124 valence electrons. The summed E-state index contributed by atoms with van der Waals surface area (Å²) in [5.74, 6) is -1.10. The van der Waals surface area contributed by atoms with Crippen LogP contribution in [0.4, 0.5) is 8.78 Å². The van der Waals surface area contributed by atoms with E-state index in [1.807, 2.05) is 16.9 Å². The monoisotopic (exact) mass is 321 g/mol. The maximum absolute atomic E-state index is 13.8. The van der Waals surface area contributed by atoms with E-state index < -0.39 is 17.7 Å². The highest BCUT2D eigenvalue weighted by Gasteiger charge is 2.26. The van der Waals surface area contributed by atoms with E-state index in [0.717, 1.165) is 50.6 Å². The largest absolute Gasteiger partial charge is 0.387 e. The van der Waals surface area contributed by atoms with E-state index in [9.17, 15) is 13.9 Å². The van der Waals surface area contributed by atoms with Crippen molar-refractivity contribution in [2.45, 2.75) is 38.0 Å². The smallest absolute Gasteiger partial charge is 0.129 e. The Bertz CT molecular complexity index is 633. The summed E-state index contributed by atoms with van der Waals surface area (Å²) in [4.78, 5) is 2.15. The van der Waals surface area contributed by atoms with Crippen molar-refractivity contribution in [1.29, 1.82) is 0 Å². The van der Waals surface area contributed by atoms with Crippen molar-refractivity contribution in [3.63, 3.8) is 0 Å². The molecule has 1 N–H and O–H groups in total. The van der Waals surface area contributed by atoms with E-state index in [1.165, 1.54) is 0 Å². The molecule has 1 aromatic heterocycles. The zero-order chi connectivity index (χ0) is 16.2. The highest BCUT2D eigenvalue weighted by Crippen LogP contribution is 2.24. The minimum atomic E-state index is -1.04. The maximum Gasteiger partial charge on any atom is 0.129 e. The van der Waals surface area contributed by atoms with E-state index in [-0.39, 0.29) is 11.6 Å². The summed E-state index contributed by atoms with van der Waals surface area (Å²) < 4.78 is 29.0. The number of rotatable bonds is 5. The van der Waals surface area contributed by atoms with Crippen LogP contribution in [0.2, 0.25) is 0 Å². The first-order valence-electron chi connectivity index (χ1n) is 7.98. The topological polar surface area (TPSA) is 41.3 Å². The lowest BCUT2D eigenvalue weighted by Gasteiger charge is -2.37. The molecule has 2 heterocycles. The third kappa shape index (κ3) is 3.95. The van der Waals surface area contributed by atoms with Gasteiger partial charge in [-0.1, -0.05) is 6.42 Å². The summed E-state index contributed by atoms with van der Waals surface area (Å²) in [6, 6.07) is 5.32. The number of hydrogen-bond acceptors (Lipinski definition) is 3. The van der Waals surface area contributed by atoms with E-state index in [1.54, 1.807) is 6.20 Å². The molecule has 4 nitrogen and oxygen atoms in total. The van der Waals surface area contributed by atoms with Crippen LogP contribution < -0.4 is 0 Å². The Hall–Kier alpha value is -1.79. The molecule has 2 atom stereocenters. The molecule has 2 aromatic rings. The van der Waals surface area contributed by atoms with Crippen molar-refractivity contribution in [3.8, 4) is 0 Å². The quantitative estimate of drug-likeness (QED) is 0.921. The second-order valence-corrected chi connectivity index (χ2v) is 6.05. The number of benzene rings is 1. The lowest BCUT2D eigenvalue weighted by atomic mass is 10.00. The summed E-state index contributed by atoms with van der Waals surface area (Å²) in [5, 5.41) is 14.6. The summed E-state index contributed by atoms with van der Waals surface area (Å²) in [6.07, 6.45) is 5.81. The normalized spacial score (nSPS) is 20.6. The number of aliphatic hydroxyl groups excluding tert-OH is 1. The number of aliphatic hydroxyl groups is 1. The number of hydrogen-bond donors (Lipinski definition) is 1. The minimum Gasteiger partial charge on any atom is -0.387 e. The van der Waals surface area contributed by atoms with Crippen molar-refractivity contribution < 1.29 is 13.9 Å². The molecule has 3 rings (SSSR count). The molecule has 0 saturated carbocycles. The van der Waals surface area contributed by atoms with Crippen molar-refractivity contribution in [2.75, 3.05) is 13.1 Å². The molecule has 1 saturated heterocycles. The Morgan fingerprint density at radius 3 is 2.96 bits per heavy atom. The predicted molar refractivity (Wildman–Crippen MR) is 82.8 cm³/mol. The molecule has 6 heteroatoms. The van der Waals surface area contributed by atoms with Gasteiger partial charge < -0.3 is 5.11 Å². The Labute approximate surface area is 134 Å². The average Bonchev–Trinajstić information content (AvgIpc) is 3.04. The van der Waals surface area contributed by atoms with Crippen molar-refractivity contribution in [1.82, 2.24) is 14.7 Å². The molecule has 1 aromatic carbocycles. The fraction of sp³-hybridized carbons (Fsp3) is 0.471. The zero-order valence-electron chi connectivity index (χ0n) is 12.9. The average molecular weight is 321 g/mol. The van der Waals surface area contributed by atoms with Crippen LogP contribution >= 0.6 is 0 Å².